The minimum atomic E-state index is -0.206. The zero-order valence-electron chi connectivity index (χ0n) is 16.5. The largest absolute Gasteiger partial charge is 0.300 e. The predicted octanol–water partition coefficient (Wildman–Crippen LogP) is 5.42. The third-order valence-corrected chi connectivity index (χ3v) is 9.09. The smallest absolute Gasteiger partial charge is 0.136 e. The zero-order chi connectivity index (χ0) is 18.2. The van der Waals surface area contributed by atoms with E-state index in [0.717, 1.165) is 38.5 Å². The van der Waals surface area contributed by atoms with E-state index in [0.29, 0.717) is 23.4 Å². The quantitative estimate of drug-likeness (QED) is 0.638. The number of Topliss-reactive ketones (excluding diaryl/α,β-unsaturated/α-hetero) is 2. The normalized spacial score (nSPS) is 46.3. The van der Waals surface area contributed by atoms with Crippen LogP contribution in [0.4, 0.5) is 0 Å². The number of rotatable bonds is 1. The molecular weight excluding hydrogens is 308 g/mol. The molecule has 0 amide bonds. The Balaban J connectivity index is 1.87. The second kappa shape index (κ2) is 5.18. The van der Waals surface area contributed by atoms with Crippen molar-refractivity contribution in [3.63, 3.8) is 0 Å². The Morgan fingerprint density at radius 3 is 2.48 bits per heavy atom. The molecule has 0 aliphatic heterocycles. The van der Waals surface area contributed by atoms with Gasteiger partial charge in [0.1, 0.15) is 11.6 Å². The number of carbonyl (C=O) groups is 2. The summed E-state index contributed by atoms with van der Waals surface area (Å²) in [5.41, 5.74) is 4.56. The molecule has 4 aliphatic rings. The van der Waals surface area contributed by atoms with Gasteiger partial charge in [-0.15, -0.1) is 0 Å². The van der Waals surface area contributed by atoms with Crippen LogP contribution in [-0.2, 0) is 9.59 Å². The molecule has 4 rings (SSSR count). The van der Waals surface area contributed by atoms with Crippen molar-refractivity contribution in [1.29, 1.82) is 0 Å². The van der Waals surface area contributed by atoms with Crippen molar-refractivity contribution in [2.45, 2.75) is 79.6 Å². The minimum absolute atomic E-state index is 0.0229. The van der Waals surface area contributed by atoms with E-state index < -0.39 is 0 Å². The first-order valence-electron chi connectivity index (χ1n) is 10.1. The van der Waals surface area contributed by atoms with E-state index in [-0.39, 0.29) is 16.2 Å². The summed E-state index contributed by atoms with van der Waals surface area (Å²) in [6, 6.07) is 0. The number of allylic oxidation sites excluding steroid dienone is 4. The first kappa shape index (κ1) is 17.2. The van der Waals surface area contributed by atoms with Crippen LogP contribution in [0.2, 0.25) is 0 Å². The van der Waals surface area contributed by atoms with Crippen molar-refractivity contribution in [3.8, 4) is 0 Å². The van der Waals surface area contributed by atoms with E-state index in [1.807, 2.05) is 0 Å². The molecule has 0 aromatic carbocycles. The highest BCUT2D eigenvalue weighted by molar-refractivity contribution is 5.84. The molecule has 0 N–H and O–H groups in total. The molecule has 25 heavy (non-hydrogen) atoms. The van der Waals surface area contributed by atoms with Crippen LogP contribution in [0.5, 0.6) is 0 Å². The predicted molar refractivity (Wildman–Crippen MR) is 100 cm³/mol. The summed E-state index contributed by atoms with van der Waals surface area (Å²) in [7, 11) is 0. The Bertz CT molecular complexity index is 726. The van der Waals surface area contributed by atoms with Crippen LogP contribution in [0, 0.1) is 28.1 Å². The molecular formula is C23H32O2. The van der Waals surface area contributed by atoms with Crippen LogP contribution < -0.4 is 0 Å². The van der Waals surface area contributed by atoms with Gasteiger partial charge in [-0.25, -0.2) is 0 Å². The van der Waals surface area contributed by atoms with Gasteiger partial charge < -0.3 is 0 Å². The van der Waals surface area contributed by atoms with E-state index in [2.05, 4.69) is 33.8 Å². The van der Waals surface area contributed by atoms with Gasteiger partial charge in [-0.3, -0.25) is 9.59 Å². The van der Waals surface area contributed by atoms with Crippen LogP contribution in [0.1, 0.15) is 79.6 Å². The standard InChI is InChI=1S/C23H32O2/c1-14-12-17-18(21(3)9-6-16(25)13-20(14)21)7-11-23(5)19(17)8-10-22(23,4)15(2)24/h12,18,20H,6-11,13H2,1-5H3/t18-,20?,21+,22+,23-/m0/s1. The maximum Gasteiger partial charge on any atom is 0.136 e. The van der Waals surface area contributed by atoms with Gasteiger partial charge in [-0.05, 0) is 68.8 Å². The average molecular weight is 341 g/mol. The molecule has 2 nitrogen and oxygen atoms in total. The molecule has 0 bridgehead atoms. The summed E-state index contributed by atoms with van der Waals surface area (Å²) in [5, 5.41) is 0. The molecule has 2 fully saturated rings. The second-order valence-corrected chi connectivity index (χ2v) is 9.94. The van der Waals surface area contributed by atoms with Gasteiger partial charge in [0, 0.05) is 23.7 Å². The molecule has 5 atom stereocenters. The Morgan fingerprint density at radius 2 is 1.80 bits per heavy atom. The molecule has 136 valence electrons. The second-order valence-electron chi connectivity index (χ2n) is 9.94. The minimum Gasteiger partial charge on any atom is -0.300 e. The molecule has 0 aromatic heterocycles. The molecule has 4 aliphatic carbocycles. The summed E-state index contributed by atoms with van der Waals surface area (Å²) in [6.07, 6.45) is 9.30. The fourth-order valence-corrected chi connectivity index (χ4v) is 6.98. The van der Waals surface area contributed by atoms with Gasteiger partial charge >= 0.3 is 0 Å². The third kappa shape index (κ3) is 2.03. The summed E-state index contributed by atoms with van der Waals surface area (Å²) in [6.45, 7) is 11.0. The Kier molecular flexibility index (Phi) is 3.57. The van der Waals surface area contributed by atoms with Crippen molar-refractivity contribution in [2.24, 2.45) is 28.1 Å². The molecule has 0 spiro atoms. The molecule has 0 radical (unpaired) electrons. The summed E-state index contributed by atoms with van der Waals surface area (Å²) >= 11 is 0. The topological polar surface area (TPSA) is 34.1 Å². The maximum atomic E-state index is 12.5. The number of fused-ring (bicyclic) bond motifs is 4. The van der Waals surface area contributed by atoms with Gasteiger partial charge in [0.25, 0.3) is 0 Å². The molecule has 0 saturated heterocycles. The number of carbonyl (C=O) groups excluding carboxylic acids is 2. The van der Waals surface area contributed by atoms with Gasteiger partial charge in [0.2, 0.25) is 0 Å². The lowest BCUT2D eigenvalue weighted by molar-refractivity contribution is -0.131. The number of hydrogen-bond acceptors (Lipinski definition) is 2. The van der Waals surface area contributed by atoms with Crippen LogP contribution in [0.25, 0.3) is 0 Å². The van der Waals surface area contributed by atoms with Crippen molar-refractivity contribution in [2.75, 3.05) is 0 Å². The number of ketones is 2. The Labute approximate surface area is 152 Å². The molecule has 0 aromatic rings. The van der Waals surface area contributed by atoms with Crippen molar-refractivity contribution in [1.82, 2.24) is 0 Å². The average Bonchev–Trinajstić information content (AvgIpc) is 2.83. The summed E-state index contributed by atoms with van der Waals surface area (Å²) in [4.78, 5) is 24.6. The van der Waals surface area contributed by atoms with Crippen molar-refractivity contribution in [3.05, 3.63) is 22.8 Å². The fourth-order valence-electron chi connectivity index (χ4n) is 6.98. The van der Waals surface area contributed by atoms with Crippen molar-refractivity contribution < 1.29 is 9.59 Å². The monoisotopic (exact) mass is 340 g/mol. The lowest BCUT2D eigenvalue weighted by Crippen LogP contribution is -2.48. The highest BCUT2D eigenvalue weighted by Crippen LogP contribution is 2.67. The molecule has 1 unspecified atom stereocenters. The van der Waals surface area contributed by atoms with Gasteiger partial charge in [-0.2, -0.15) is 0 Å². The van der Waals surface area contributed by atoms with Crippen LogP contribution in [0.15, 0.2) is 22.8 Å². The summed E-state index contributed by atoms with van der Waals surface area (Å²) < 4.78 is 0. The lowest BCUT2D eigenvalue weighted by Gasteiger charge is -2.55. The number of hydrogen-bond donors (Lipinski definition) is 0. The van der Waals surface area contributed by atoms with Crippen LogP contribution >= 0.6 is 0 Å². The molecule has 2 saturated carbocycles. The van der Waals surface area contributed by atoms with E-state index >= 15 is 0 Å². The van der Waals surface area contributed by atoms with Gasteiger partial charge in [0.15, 0.2) is 0 Å². The molecule has 0 heterocycles. The summed E-state index contributed by atoms with van der Waals surface area (Å²) in [5.74, 6) is 1.80. The fraction of sp³-hybridized carbons (Fsp3) is 0.739. The van der Waals surface area contributed by atoms with Crippen LogP contribution in [-0.4, -0.2) is 11.6 Å². The Hall–Kier alpha value is -1.18. The first-order chi connectivity index (χ1) is 11.6. The highest BCUT2D eigenvalue weighted by atomic mass is 16.1. The van der Waals surface area contributed by atoms with Crippen molar-refractivity contribution >= 4 is 11.6 Å². The van der Waals surface area contributed by atoms with E-state index in [1.165, 1.54) is 12.0 Å². The SMILES string of the molecule is CC(=O)[C@@]1(C)CCC2=C3C=C(C)C4CC(=O)CC[C@]4(C)[C@H]3CC[C@@]21C. The first-order valence-corrected chi connectivity index (χ1v) is 10.1. The van der Waals surface area contributed by atoms with Crippen LogP contribution in [0.3, 0.4) is 0 Å². The lowest BCUT2D eigenvalue weighted by atomic mass is 9.48. The van der Waals surface area contributed by atoms with E-state index in [9.17, 15) is 9.59 Å². The highest BCUT2D eigenvalue weighted by Gasteiger charge is 2.59. The van der Waals surface area contributed by atoms with E-state index in [1.54, 1.807) is 18.1 Å². The van der Waals surface area contributed by atoms with Gasteiger partial charge in [0.05, 0.1) is 0 Å². The molecule has 2 heteroatoms. The van der Waals surface area contributed by atoms with Gasteiger partial charge in [-0.1, -0.05) is 38.0 Å². The third-order valence-electron chi connectivity index (χ3n) is 9.09. The maximum absolute atomic E-state index is 12.5. The zero-order valence-corrected chi connectivity index (χ0v) is 16.5. The Morgan fingerprint density at radius 1 is 1.08 bits per heavy atom. The van der Waals surface area contributed by atoms with E-state index in [4.69, 9.17) is 0 Å².